The topological polar surface area (TPSA) is 65.0 Å². The maximum absolute atomic E-state index is 10.5. The lowest BCUT2D eigenvalue weighted by Crippen LogP contribution is -2.49. The zero-order valence-corrected chi connectivity index (χ0v) is 14.6. The molecule has 0 saturated heterocycles. The van der Waals surface area contributed by atoms with Gasteiger partial charge < -0.3 is 14.9 Å². The Kier molecular flexibility index (Phi) is 7.82. The molecule has 0 fully saturated rings. The number of ether oxygens (including phenoxy) is 1. The van der Waals surface area contributed by atoms with Crippen LogP contribution in [-0.4, -0.2) is 52.7 Å². The molecule has 0 amide bonds. The van der Waals surface area contributed by atoms with Crippen LogP contribution in [0.2, 0.25) is 0 Å². The summed E-state index contributed by atoms with van der Waals surface area (Å²) in [7, 11) is 1.72. The Labute approximate surface area is 138 Å². The summed E-state index contributed by atoms with van der Waals surface area (Å²) in [4.78, 5) is 1.61. The number of benzene rings is 1. The number of hydrogen-bond donors (Lipinski definition) is 4. The van der Waals surface area contributed by atoms with Crippen molar-refractivity contribution >= 4 is 12.6 Å². The van der Waals surface area contributed by atoms with Crippen LogP contribution in [0.3, 0.4) is 0 Å². The van der Waals surface area contributed by atoms with E-state index in [0.29, 0.717) is 12.3 Å². The molecule has 0 aromatic heterocycles. The summed E-state index contributed by atoms with van der Waals surface area (Å²) in [6, 6.07) is 9.10. The summed E-state index contributed by atoms with van der Waals surface area (Å²) < 4.78 is 5.58. The van der Waals surface area contributed by atoms with Crippen molar-refractivity contribution in [3.63, 3.8) is 0 Å². The highest BCUT2D eigenvalue weighted by Crippen LogP contribution is 2.25. The Morgan fingerprint density at radius 2 is 1.82 bits per heavy atom. The van der Waals surface area contributed by atoms with Crippen LogP contribution in [0.4, 0.5) is 0 Å². The van der Waals surface area contributed by atoms with Gasteiger partial charge in [-0.3, -0.25) is 5.32 Å². The van der Waals surface area contributed by atoms with Gasteiger partial charge in [0.25, 0.3) is 0 Å². The summed E-state index contributed by atoms with van der Waals surface area (Å²) >= 11 is 4.14. The van der Waals surface area contributed by atoms with Crippen molar-refractivity contribution in [2.24, 2.45) is 0 Å². The van der Waals surface area contributed by atoms with Crippen LogP contribution in [0.5, 0.6) is 0 Å². The van der Waals surface area contributed by atoms with Gasteiger partial charge in [-0.25, -0.2) is 4.90 Å². The van der Waals surface area contributed by atoms with Gasteiger partial charge in [-0.2, -0.15) is 12.6 Å². The van der Waals surface area contributed by atoms with Gasteiger partial charge in [0, 0.05) is 12.3 Å². The third kappa shape index (κ3) is 6.24. The lowest BCUT2D eigenvalue weighted by molar-refractivity contribution is -0.250. The van der Waals surface area contributed by atoms with Gasteiger partial charge in [0.1, 0.15) is 6.23 Å². The molecule has 5 nitrogen and oxygen atoms in total. The number of thiol groups is 1. The molecular formula is C16H28N2O3S. The number of rotatable bonds is 8. The maximum atomic E-state index is 10.5. The van der Waals surface area contributed by atoms with E-state index in [4.69, 9.17) is 4.74 Å². The molecule has 3 N–H and O–H groups in total. The molecule has 22 heavy (non-hydrogen) atoms. The summed E-state index contributed by atoms with van der Waals surface area (Å²) in [6.07, 6.45) is -1.98. The average Bonchev–Trinajstić information content (AvgIpc) is 2.44. The molecule has 1 aromatic rings. The molecule has 0 aliphatic heterocycles. The highest BCUT2D eigenvalue weighted by atomic mass is 32.1. The normalized spacial score (nSPS) is 16.5. The summed E-state index contributed by atoms with van der Waals surface area (Å²) in [5.41, 5.74) is 0.402. The first-order chi connectivity index (χ1) is 10.3. The number of hydrogen-bond acceptors (Lipinski definition) is 6. The van der Waals surface area contributed by atoms with Crippen LogP contribution >= 0.6 is 12.6 Å². The maximum Gasteiger partial charge on any atom is 0.216 e. The first-order valence-corrected chi connectivity index (χ1v) is 8.04. The number of likely N-dealkylation sites (N-methyl/N-ethyl adjacent to an activating group) is 1. The number of nitrogens with zero attached hydrogens (tertiary/aromatic N) is 1. The highest BCUT2D eigenvalue weighted by molar-refractivity contribution is 7.80. The van der Waals surface area contributed by atoms with Crippen molar-refractivity contribution in [2.75, 3.05) is 19.3 Å². The van der Waals surface area contributed by atoms with E-state index in [1.807, 2.05) is 51.1 Å². The molecule has 0 unspecified atom stereocenters. The van der Waals surface area contributed by atoms with Crippen LogP contribution in [0, 0.1) is 0 Å². The van der Waals surface area contributed by atoms with Gasteiger partial charge in [-0.05, 0) is 33.4 Å². The monoisotopic (exact) mass is 328 g/mol. The summed E-state index contributed by atoms with van der Waals surface area (Å²) in [6.45, 7) is 6.18. The lowest BCUT2D eigenvalue weighted by atomic mass is 10.0. The van der Waals surface area contributed by atoms with Crippen LogP contribution in [0.15, 0.2) is 30.3 Å². The second-order valence-corrected chi connectivity index (χ2v) is 6.65. The summed E-state index contributed by atoms with van der Waals surface area (Å²) in [5.74, 6) is 0.614. The zero-order valence-electron chi connectivity index (χ0n) is 13.7. The van der Waals surface area contributed by atoms with Gasteiger partial charge in [0.2, 0.25) is 6.41 Å². The molecule has 0 radical (unpaired) electrons. The highest BCUT2D eigenvalue weighted by Gasteiger charge is 2.31. The van der Waals surface area contributed by atoms with Gasteiger partial charge in [-0.15, -0.1) is 0 Å². The van der Waals surface area contributed by atoms with E-state index in [1.165, 1.54) is 0 Å². The van der Waals surface area contributed by atoms with Crippen molar-refractivity contribution < 1.29 is 14.9 Å². The van der Waals surface area contributed by atoms with Crippen molar-refractivity contribution in [2.45, 2.75) is 45.1 Å². The largest absolute Gasteiger partial charge is 0.377 e. The van der Waals surface area contributed by atoms with E-state index >= 15 is 0 Å². The van der Waals surface area contributed by atoms with Gasteiger partial charge in [0.05, 0.1) is 11.6 Å². The molecule has 6 heteroatoms. The van der Waals surface area contributed by atoms with E-state index in [0.717, 1.165) is 5.56 Å². The lowest BCUT2D eigenvalue weighted by Gasteiger charge is -2.37. The molecule has 0 aliphatic rings. The van der Waals surface area contributed by atoms with Crippen LogP contribution in [-0.2, 0) is 4.74 Å². The quantitative estimate of drug-likeness (QED) is 0.431. The molecule has 0 bridgehead atoms. The Hall–Kier alpha value is -0.630. The molecule has 0 heterocycles. The zero-order chi connectivity index (χ0) is 16.8. The van der Waals surface area contributed by atoms with Crippen molar-refractivity contribution in [3.05, 3.63) is 35.9 Å². The predicted molar refractivity (Wildman–Crippen MR) is 91.7 cm³/mol. The molecule has 0 aliphatic carbocycles. The fraction of sp³-hybridized carbons (Fsp3) is 0.625. The van der Waals surface area contributed by atoms with Gasteiger partial charge >= 0.3 is 0 Å². The summed E-state index contributed by atoms with van der Waals surface area (Å²) in [5, 5.41) is 23.8. The second-order valence-electron chi connectivity index (χ2n) is 6.20. The SMILES string of the molecule is CN([C@H](O)OC(C)(C)C)[C@@H](c1ccccc1)[C@@H](O)NCCS. The number of aliphatic hydroxyl groups excluding tert-OH is 2. The molecular weight excluding hydrogens is 300 g/mol. The fourth-order valence-corrected chi connectivity index (χ4v) is 2.28. The average molecular weight is 328 g/mol. The minimum atomic E-state index is -1.13. The minimum Gasteiger partial charge on any atom is -0.377 e. The standard InChI is InChI=1S/C16H28N2O3S/c1-16(2,3)21-15(20)18(4)13(14(19)17-10-11-22)12-8-6-5-7-9-12/h5-9,13-15,17,19-20,22H,10-11H2,1-4H3/t13-,14+,15+/m0/s1. The number of aliphatic hydroxyl groups is 2. The van der Waals surface area contributed by atoms with E-state index in [2.05, 4.69) is 17.9 Å². The van der Waals surface area contributed by atoms with E-state index in [9.17, 15) is 10.2 Å². The Bertz CT molecular complexity index is 425. The first-order valence-electron chi connectivity index (χ1n) is 7.41. The van der Waals surface area contributed by atoms with Crippen molar-refractivity contribution in [1.29, 1.82) is 0 Å². The smallest absolute Gasteiger partial charge is 0.216 e. The Balaban J connectivity index is 2.94. The van der Waals surface area contributed by atoms with Crippen LogP contribution in [0.25, 0.3) is 0 Å². The van der Waals surface area contributed by atoms with E-state index in [-0.39, 0.29) is 0 Å². The number of nitrogens with one attached hydrogen (secondary N) is 1. The second kappa shape index (κ2) is 8.86. The minimum absolute atomic E-state index is 0.446. The Morgan fingerprint density at radius 3 is 2.32 bits per heavy atom. The molecule has 0 spiro atoms. The molecule has 3 atom stereocenters. The molecule has 126 valence electrons. The third-order valence-corrected chi connectivity index (χ3v) is 3.38. The van der Waals surface area contributed by atoms with Crippen molar-refractivity contribution in [1.82, 2.24) is 10.2 Å². The van der Waals surface area contributed by atoms with Crippen molar-refractivity contribution in [3.8, 4) is 0 Å². The van der Waals surface area contributed by atoms with Gasteiger partial charge in [0.15, 0.2) is 0 Å². The fourth-order valence-electron chi connectivity index (χ4n) is 2.15. The van der Waals surface area contributed by atoms with E-state index < -0.39 is 24.3 Å². The Morgan fingerprint density at radius 1 is 1.23 bits per heavy atom. The van der Waals surface area contributed by atoms with Crippen LogP contribution < -0.4 is 5.32 Å². The van der Waals surface area contributed by atoms with Gasteiger partial charge in [-0.1, -0.05) is 30.3 Å². The molecule has 1 rings (SSSR count). The predicted octanol–water partition coefficient (Wildman–Crippen LogP) is 1.59. The van der Waals surface area contributed by atoms with E-state index in [1.54, 1.807) is 11.9 Å². The third-order valence-electron chi connectivity index (χ3n) is 3.15. The molecule has 1 aromatic carbocycles. The first kappa shape index (κ1) is 19.4. The van der Waals surface area contributed by atoms with Crippen LogP contribution in [0.1, 0.15) is 32.4 Å². The molecule has 0 saturated carbocycles.